The Morgan fingerprint density at radius 2 is 1.71 bits per heavy atom. The Kier molecular flexibility index (Phi) is 6.15. The fourth-order valence-corrected chi connectivity index (χ4v) is 4.35. The predicted molar refractivity (Wildman–Crippen MR) is 118 cm³/mol. The van der Waals surface area contributed by atoms with Crippen molar-refractivity contribution in [3.05, 3.63) is 52.4 Å². The van der Waals surface area contributed by atoms with Crippen molar-refractivity contribution in [2.75, 3.05) is 46.9 Å². The van der Waals surface area contributed by atoms with E-state index >= 15 is 0 Å². The monoisotopic (exact) mass is 426 g/mol. The van der Waals surface area contributed by atoms with Crippen molar-refractivity contribution in [3.63, 3.8) is 0 Å². The van der Waals surface area contributed by atoms with Crippen LogP contribution in [0.5, 0.6) is 17.2 Å². The number of likely N-dealkylation sites (N-methyl/N-ethyl adjacent to an activating group) is 1. The van der Waals surface area contributed by atoms with E-state index < -0.39 is 5.63 Å². The van der Waals surface area contributed by atoms with E-state index in [0.717, 1.165) is 38.1 Å². The Labute approximate surface area is 181 Å². The number of quaternary nitrogens is 2. The van der Waals surface area contributed by atoms with Crippen molar-refractivity contribution in [3.8, 4) is 28.4 Å². The van der Waals surface area contributed by atoms with E-state index in [1.165, 1.54) is 4.90 Å². The summed E-state index contributed by atoms with van der Waals surface area (Å²) in [5.41, 5.74) is 1.67. The standard InChI is InChI=1S/C24H28N2O5/c1-4-25-9-11-26(12-10-25)15-20-21(27)7-5-16-13-19(24(28)31-23(16)20)18-14-17(29-2)6-8-22(18)30-3/h5-8,13-14,27H,4,9-12,15H2,1-3H3/p+2. The number of ether oxygens (including phenoxy) is 2. The van der Waals surface area contributed by atoms with Gasteiger partial charge in [-0.1, -0.05) is 0 Å². The Morgan fingerprint density at radius 3 is 2.39 bits per heavy atom. The van der Waals surface area contributed by atoms with Crippen molar-refractivity contribution in [1.29, 1.82) is 0 Å². The molecule has 31 heavy (non-hydrogen) atoms. The van der Waals surface area contributed by atoms with Crippen LogP contribution in [0.2, 0.25) is 0 Å². The summed E-state index contributed by atoms with van der Waals surface area (Å²) in [6.07, 6.45) is 0. The molecule has 1 aromatic heterocycles. The molecule has 0 unspecified atom stereocenters. The van der Waals surface area contributed by atoms with E-state index in [1.807, 2.05) is 0 Å². The SMILES string of the molecule is CC[NH+]1CC[NH+](Cc2c(O)ccc3cc(-c4cc(OC)ccc4OC)c(=O)oc23)CC1. The fourth-order valence-electron chi connectivity index (χ4n) is 4.35. The van der Waals surface area contributed by atoms with Gasteiger partial charge in [-0.3, -0.25) is 0 Å². The van der Waals surface area contributed by atoms with E-state index in [2.05, 4.69) is 6.92 Å². The van der Waals surface area contributed by atoms with Crippen LogP contribution in [0.3, 0.4) is 0 Å². The zero-order valence-electron chi connectivity index (χ0n) is 18.3. The summed E-state index contributed by atoms with van der Waals surface area (Å²) < 4.78 is 16.5. The second-order valence-corrected chi connectivity index (χ2v) is 8.03. The number of phenolic OH excluding ortho intramolecular Hbond substituents is 1. The topological polar surface area (TPSA) is 77.8 Å². The lowest BCUT2D eigenvalue weighted by Gasteiger charge is -2.29. The summed E-state index contributed by atoms with van der Waals surface area (Å²) in [7, 11) is 3.14. The molecule has 4 rings (SSSR count). The van der Waals surface area contributed by atoms with Gasteiger partial charge in [-0.2, -0.15) is 0 Å². The lowest BCUT2D eigenvalue weighted by atomic mass is 10.0. The van der Waals surface area contributed by atoms with Crippen molar-refractivity contribution < 1.29 is 28.8 Å². The maximum Gasteiger partial charge on any atom is 0.344 e. The van der Waals surface area contributed by atoms with Gasteiger partial charge in [0.1, 0.15) is 50.0 Å². The minimum absolute atomic E-state index is 0.167. The van der Waals surface area contributed by atoms with Gasteiger partial charge in [-0.25, -0.2) is 4.79 Å². The Balaban J connectivity index is 1.75. The molecule has 3 N–H and O–H groups in total. The molecule has 1 aliphatic heterocycles. The smallest absolute Gasteiger partial charge is 0.344 e. The van der Waals surface area contributed by atoms with Crippen LogP contribution in [0.15, 0.2) is 45.6 Å². The summed E-state index contributed by atoms with van der Waals surface area (Å²) in [6.45, 7) is 8.26. The zero-order valence-corrected chi connectivity index (χ0v) is 18.3. The number of piperazine rings is 1. The first-order chi connectivity index (χ1) is 15.0. The molecule has 0 saturated carbocycles. The van der Waals surface area contributed by atoms with Crippen LogP contribution in [0, 0.1) is 0 Å². The van der Waals surface area contributed by atoms with Gasteiger partial charge < -0.3 is 28.8 Å². The van der Waals surface area contributed by atoms with E-state index in [9.17, 15) is 9.90 Å². The molecule has 164 valence electrons. The molecule has 2 heterocycles. The Bertz CT molecular complexity index is 1130. The maximum absolute atomic E-state index is 13.0. The highest BCUT2D eigenvalue weighted by atomic mass is 16.5. The van der Waals surface area contributed by atoms with Crippen molar-refractivity contribution in [2.24, 2.45) is 0 Å². The Hall–Kier alpha value is -3.03. The second-order valence-electron chi connectivity index (χ2n) is 8.03. The van der Waals surface area contributed by atoms with Crippen LogP contribution in [-0.2, 0) is 6.54 Å². The minimum Gasteiger partial charge on any atom is -0.507 e. The number of hydrogen-bond acceptors (Lipinski definition) is 5. The molecule has 0 aliphatic carbocycles. The van der Waals surface area contributed by atoms with Gasteiger partial charge in [-0.15, -0.1) is 0 Å². The summed E-state index contributed by atoms with van der Waals surface area (Å²) in [5.74, 6) is 1.35. The summed E-state index contributed by atoms with van der Waals surface area (Å²) in [5, 5.41) is 11.3. The van der Waals surface area contributed by atoms with Crippen LogP contribution in [0.1, 0.15) is 12.5 Å². The first-order valence-electron chi connectivity index (χ1n) is 10.7. The third-order valence-electron chi connectivity index (χ3n) is 6.27. The van der Waals surface area contributed by atoms with Gasteiger partial charge in [0.25, 0.3) is 0 Å². The lowest BCUT2D eigenvalue weighted by molar-refractivity contribution is -1.02. The predicted octanol–water partition coefficient (Wildman–Crippen LogP) is 0.486. The van der Waals surface area contributed by atoms with Crippen molar-refractivity contribution in [1.82, 2.24) is 0 Å². The van der Waals surface area contributed by atoms with E-state index in [1.54, 1.807) is 55.5 Å². The molecule has 0 spiro atoms. The molecule has 0 radical (unpaired) electrons. The normalized spacial score (nSPS) is 18.8. The number of rotatable bonds is 6. The molecule has 3 aromatic rings. The summed E-state index contributed by atoms with van der Waals surface area (Å²) in [6, 6.07) is 10.6. The highest BCUT2D eigenvalue weighted by Gasteiger charge is 2.25. The number of nitrogens with one attached hydrogen (secondary N) is 2. The zero-order chi connectivity index (χ0) is 22.0. The molecule has 0 amide bonds. The minimum atomic E-state index is -0.471. The molecule has 1 saturated heterocycles. The number of aromatic hydroxyl groups is 1. The van der Waals surface area contributed by atoms with Crippen LogP contribution in [0.4, 0.5) is 0 Å². The number of hydrogen-bond donors (Lipinski definition) is 3. The largest absolute Gasteiger partial charge is 0.507 e. The molecule has 1 aliphatic rings. The highest BCUT2D eigenvalue weighted by Crippen LogP contribution is 2.34. The molecule has 7 nitrogen and oxygen atoms in total. The quantitative estimate of drug-likeness (QED) is 0.500. The number of fused-ring (bicyclic) bond motifs is 1. The first-order valence-corrected chi connectivity index (χ1v) is 10.7. The van der Waals surface area contributed by atoms with Crippen molar-refractivity contribution >= 4 is 11.0 Å². The van der Waals surface area contributed by atoms with Crippen LogP contribution in [0.25, 0.3) is 22.1 Å². The van der Waals surface area contributed by atoms with Crippen LogP contribution < -0.4 is 24.9 Å². The van der Waals surface area contributed by atoms with Gasteiger partial charge in [0.2, 0.25) is 0 Å². The van der Waals surface area contributed by atoms with Gasteiger partial charge >= 0.3 is 5.63 Å². The second kappa shape index (κ2) is 8.99. The van der Waals surface area contributed by atoms with Crippen LogP contribution in [-0.4, -0.2) is 52.0 Å². The van der Waals surface area contributed by atoms with E-state index in [0.29, 0.717) is 40.3 Å². The summed E-state index contributed by atoms with van der Waals surface area (Å²) >= 11 is 0. The van der Waals surface area contributed by atoms with Gasteiger partial charge in [0.05, 0.1) is 31.9 Å². The van der Waals surface area contributed by atoms with Gasteiger partial charge in [0.15, 0.2) is 5.58 Å². The highest BCUT2D eigenvalue weighted by molar-refractivity contribution is 5.86. The fraction of sp³-hybridized carbons (Fsp3) is 0.375. The lowest BCUT2D eigenvalue weighted by Crippen LogP contribution is -3.27. The molecular formula is C24H30N2O5+2. The third kappa shape index (κ3) is 4.24. The van der Waals surface area contributed by atoms with E-state index in [-0.39, 0.29) is 5.75 Å². The molecular weight excluding hydrogens is 396 g/mol. The molecule has 2 aromatic carbocycles. The Morgan fingerprint density at radius 1 is 0.968 bits per heavy atom. The van der Waals surface area contributed by atoms with Gasteiger partial charge in [-0.05, 0) is 43.3 Å². The van der Waals surface area contributed by atoms with E-state index in [4.69, 9.17) is 13.9 Å². The molecule has 1 fully saturated rings. The molecule has 0 atom stereocenters. The first kappa shape index (κ1) is 21.2. The molecule has 0 bridgehead atoms. The average molecular weight is 427 g/mol. The average Bonchev–Trinajstić information content (AvgIpc) is 2.80. The number of methoxy groups -OCH3 is 2. The van der Waals surface area contributed by atoms with Crippen molar-refractivity contribution in [2.45, 2.75) is 13.5 Å². The number of benzene rings is 2. The molecule has 7 heteroatoms. The maximum atomic E-state index is 13.0. The van der Waals surface area contributed by atoms with Crippen LogP contribution >= 0.6 is 0 Å². The van der Waals surface area contributed by atoms with Gasteiger partial charge in [0, 0.05) is 10.9 Å². The third-order valence-corrected chi connectivity index (χ3v) is 6.27. The number of phenols is 1. The summed E-state index contributed by atoms with van der Waals surface area (Å²) in [4.78, 5) is 16.0.